The van der Waals surface area contributed by atoms with E-state index in [2.05, 4.69) is 22.1 Å². The van der Waals surface area contributed by atoms with Crippen molar-refractivity contribution < 1.29 is 19.0 Å². The van der Waals surface area contributed by atoms with E-state index in [0.717, 1.165) is 36.0 Å². The van der Waals surface area contributed by atoms with Gasteiger partial charge in [0.25, 0.3) is 0 Å². The highest BCUT2D eigenvalue weighted by Crippen LogP contribution is 2.33. The number of hydrogen-bond acceptors (Lipinski definition) is 5. The van der Waals surface area contributed by atoms with Gasteiger partial charge in [-0.15, -0.1) is 0 Å². The van der Waals surface area contributed by atoms with E-state index in [4.69, 9.17) is 14.2 Å². The number of ether oxygens (including phenoxy) is 3. The Bertz CT molecular complexity index is 677. The number of carbonyl (C=O) groups excluding carboxylic acids is 1. The summed E-state index contributed by atoms with van der Waals surface area (Å²) in [6.45, 7) is 5.35. The summed E-state index contributed by atoms with van der Waals surface area (Å²) >= 11 is 0. The quantitative estimate of drug-likeness (QED) is 0.502. The van der Waals surface area contributed by atoms with Gasteiger partial charge in [-0.25, -0.2) is 0 Å². The van der Waals surface area contributed by atoms with E-state index < -0.39 is 0 Å². The summed E-state index contributed by atoms with van der Waals surface area (Å²) in [5, 5.41) is 3.38. The molecule has 7 nitrogen and oxygen atoms in total. The molecule has 2 atom stereocenters. The van der Waals surface area contributed by atoms with E-state index in [1.54, 1.807) is 7.05 Å². The number of benzene rings is 1. The summed E-state index contributed by atoms with van der Waals surface area (Å²) < 4.78 is 16.5. The van der Waals surface area contributed by atoms with Crippen molar-refractivity contribution in [1.82, 2.24) is 10.2 Å². The van der Waals surface area contributed by atoms with Crippen LogP contribution in [0.5, 0.6) is 11.5 Å². The first kappa shape index (κ1) is 18.4. The fourth-order valence-electron chi connectivity index (χ4n) is 3.50. The van der Waals surface area contributed by atoms with Crippen LogP contribution in [-0.2, 0) is 16.1 Å². The topological polar surface area (TPSA) is 72.4 Å². The molecule has 0 radical (unpaired) electrons. The lowest BCUT2D eigenvalue weighted by Gasteiger charge is -2.22. The lowest BCUT2D eigenvalue weighted by molar-refractivity contribution is -0.145. The Kier molecular flexibility index (Phi) is 5.85. The lowest BCUT2D eigenvalue weighted by Crippen LogP contribution is -2.40. The van der Waals surface area contributed by atoms with E-state index in [1.165, 1.54) is 7.11 Å². The van der Waals surface area contributed by atoms with Crippen LogP contribution in [0.3, 0.4) is 0 Å². The predicted octanol–water partition coefficient (Wildman–Crippen LogP) is 1.66. The third kappa shape index (κ3) is 3.86. The Morgan fingerprint density at radius 2 is 2.15 bits per heavy atom. The summed E-state index contributed by atoms with van der Waals surface area (Å²) in [6.07, 6.45) is 0.879. The molecule has 1 N–H and O–H groups in total. The number of likely N-dealkylation sites (tertiary alicyclic amines) is 1. The first-order valence-corrected chi connectivity index (χ1v) is 9.05. The Morgan fingerprint density at radius 1 is 1.35 bits per heavy atom. The molecule has 26 heavy (non-hydrogen) atoms. The normalized spacial score (nSPS) is 22.7. The van der Waals surface area contributed by atoms with Gasteiger partial charge < -0.3 is 24.4 Å². The van der Waals surface area contributed by atoms with Gasteiger partial charge in [-0.2, -0.15) is 0 Å². The van der Waals surface area contributed by atoms with Crippen LogP contribution in [0.15, 0.2) is 23.2 Å². The average molecular weight is 361 g/mol. The highest BCUT2D eigenvalue weighted by molar-refractivity contribution is 5.82. The van der Waals surface area contributed by atoms with Crippen molar-refractivity contribution in [2.24, 2.45) is 16.8 Å². The fraction of sp³-hybridized carbons (Fsp3) is 0.579. The number of fused-ring (bicyclic) bond motifs is 1. The smallest absolute Gasteiger partial charge is 0.310 e. The van der Waals surface area contributed by atoms with Gasteiger partial charge >= 0.3 is 5.97 Å². The van der Waals surface area contributed by atoms with Gasteiger partial charge in [0, 0.05) is 38.7 Å². The van der Waals surface area contributed by atoms with E-state index in [9.17, 15) is 4.79 Å². The number of rotatable bonds is 3. The molecule has 3 rings (SSSR count). The molecular formula is C19H27N3O4. The van der Waals surface area contributed by atoms with E-state index in [-0.39, 0.29) is 17.8 Å². The number of aliphatic imine (C=N–C) groups is 1. The number of esters is 1. The van der Waals surface area contributed by atoms with Gasteiger partial charge in [0.05, 0.1) is 26.2 Å². The van der Waals surface area contributed by atoms with Crippen LogP contribution in [0.25, 0.3) is 0 Å². The second kappa shape index (κ2) is 8.29. The molecule has 0 amide bonds. The molecule has 2 aliphatic heterocycles. The van der Waals surface area contributed by atoms with Crippen molar-refractivity contribution in [3.8, 4) is 11.5 Å². The van der Waals surface area contributed by atoms with Crippen molar-refractivity contribution in [2.45, 2.75) is 19.9 Å². The number of nitrogens with zero attached hydrogens (tertiary/aromatic N) is 2. The van der Waals surface area contributed by atoms with E-state index >= 15 is 0 Å². The Balaban J connectivity index is 1.66. The number of nitrogens with one attached hydrogen (secondary N) is 1. The van der Waals surface area contributed by atoms with Crippen LogP contribution >= 0.6 is 0 Å². The third-order valence-corrected chi connectivity index (χ3v) is 4.92. The second-order valence-corrected chi connectivity index (χ2v) is 6.71. The number of methoxy groups -OCH3 is 1. The van der Waals surface area contributed by atoms with Crippen LogP contribution in [0, 0.1) is 11.8 Å². The molecule has 2 heterocycles. The minimum atomic E-state index is -0.158. The zero-order valence-corrected chi connectivity index (χ0v) is 15.7. The number of guanidine groups is 1. The Morgan fingerprint density at radius 3 is 2.92 bits per heavy atom. The molecule has 7 heteroatoms. The van der Waals surface area contributed by atoms with Crippen molar-refractivity contribution in [1.29, 1.82) is 0 Å². The monoisotopic (exact) mass is 361 g/mol. The largest absolute Gasteiger partial charge is 0.490 e. The molecule has 0 bridgehead atoms. The maximum Gasteiger partial charge on any atom is 0.310 e. The van der Waals surface area contributed by atoms with Crippen LogP contribution in [0.4, 0.5) is 0 Å². The molecule has 142 valence electrons. The van der Waals surface area contributed by atoms with Crippen LogP contribution in [-0.4, -0.2) is 57.3 Å². The number of carbonyl (C=O) groups is 1. The van der Waals surface area contributed by atoms with Gasteiger partial charge in [0.15, 0.2) is 17.5 Å². The van der Waals surface area contributed by atoms with E-state index in [0.29, 0.717) is 26.3 Å². The SMILES string of the molecule is CN=C(NCc1cccc2c1OCCCO2)N1CC(C)C(C(=O)OC)C1. The minimum Gasteiger partial charge on any atom is -0.490 e. The molecule has 2 unspecified atom stereocenters. The van der Waals surface area contributed by atoms with Gasteiger partial charge in [-0.05, 0) is 12.0 Å². The van der Waals surface area contributed by atoms with E-state index in [1.807, 2.05) is 18.2 Å². The molecule has 2 aliphatic rings. The molecule has 1 fully saturated rings. The van der Waals surface area contributed by atoms with Crippen molar-refractivity contribution in [3.05, 3.63) is 23.8 Å². The standard InChI is InChI=1S/C19H27N3O4/c1-13-11-22(12-15(13)18(23)24-3)19(20-2)21-10-14-6-4-7-16-17(14)26-9-5-8-25-16/h4,6-7,13,15H,5,8-12H2,1-3H3,(H,20,21). The highest BCUT2D eigenvalue weighted by atomic mass is 16.5. The van der Waals surface area contributed by atoms with Crippen LogP contribution < -0.4 is 14.8 Å². The minimum absolute atomic E-state index is 0.122. The van der Waals surface area contributed by atoms with Gasteiger partial charge in [0.1, 0.15) is 0 Å². The molecule has 0 spiro atoms. The second-order valence-electron chi connectivity index (χ2n) is 6.71. The predicted molar refractivity (Wildman–Crippen MR) is 98.5 cm³/mol. The number of hydrogen-bond donors (Lipinski definition) is 1. The average Bonchev–Trinajstić information content (AvgIpc) is 2.88. The molecule has 0 aliphatic carbocycles. The van der Waals surface area contributed by atoms with Crippen molar-refractivity contribution >= 4 is 11.9 Å². The van der Waals surface area contributed by atoms with Gasteiger partial charge in [0.2, 0.25) is 0 Å². The maximum atomic E-state index is 11.9. The molecule has 0 saturated carbocycles. The van der Waals surface area contributed by atoms with Gasteiger partial charge in [-0.1, -0.05) is 19.1 Å². The lowest BCUT2D eigenvalue weighted by atomic mass is 9.99. The van der Waals surface area contributed by atoms with Crippen LogP contribution in [0.2, 0.25) is 0 Å². The highest BCUT2D eigenvalue weighted by Gasteiger charge is 2.36. The van der Waals surface area contributed by atoms with Crippen molar-refractivity contribution in [2.75, 3.05) is 40.5 Å². The van der Waals surface area contributed by atoms with Crippen molar-refractivity contribution in [3.63, 3.8) is 0 Å². The first-order chi connectivity index (χ1) is 12.6. The zero-order valence-electron chi connectivity index (χ0n) is 15.7. The Hall–Kier alpha value is -2.44. The fourth-order valence-corrected chi connectivity index (χ4v) is 3.50. The first-order valence-electron chi connectivity index (χ1n) is 9.05. The molecular weight excluding hydrogens is 334 g/mol. The molecule has 1 aromatic carbocycles. The summed E-state index contributed by atoms with van der Waals surface area (Å²) in [5.41, 5.74) is 1.03. The zero-order chi connectivity index (χ0) is 18.5. The van der Waals surface area contributed by atoms with Gasteiger partial charge in [-0.3, -0.25) is 9.79 Å². The summed E-state index contributed by atoms with van der Waals surface area (Å²) in [7, 11) is 3.19. The summed E-state index contributed by atoms with van der Waals surface area (Å²) in [6, 6.07) is 5.93. The summed E-state index contributed by atoms with van der Waals surface area (Å²) in [5.74, 6) is 2.31. The number of para-hydroxylation sites is 1. The molecule has 1 saturated heterocycles. The molecule has 1 aromatic rings. The molecule has 0 aromatic heterocycles. The van der Waals surface area contributed by atoms with Crippen LogP contribution in [0.1, 0.15) is 18.9 Å². The third-order valence-electron chi connectivity index (χ3n) is 4.92. The maximum absolute atomic E-state index is 11.9. The Labute approximate surface area is 154 Å². The summed E-state index contributed by atoms with van der Waals surface area (Å²) in [4.78, 5) is 18.4.